The van der Waals surface area contributed by atoms with Crippen LogP contribution in [-0.4, -0.2) is 37.7 Å². The molecule has 0 atom stereocenters. The van der Waals surface area contributed by atoms with Gasteiger partial charge in [-0.25, -0.2) is 14.8 Å². The van der Waals surface area contributed by atoms with Crippen molar-refractivity contribution in [2.75, 3.05) is 6.54 Å². The van der Waals surface area contributed by atoms with Gasteiger partial charge in [-0.05, 0) is 36.7 Å². The Labute approximate surface area is 141 Å². The predicted molar refractivity (Wildman–Crippen MR) is 86.9 cm³/mol. The minimum absolute atomic E-state index is 0.312. The van der Waals surface area contributed by atoms with Gasteiger partial charge in [0, 0.05) is 13.1 Å². The zero-order chi connectivity index (χ0) is 16.1. The maximum atomic E-state index is 12.2. The van der Waals surface area contributed by atoms with Crippen molar-refractivity contribution < 1.29 is 9.53 Å². The van der Waals surface area contributed by atoms with Crippen LogP contribution in [0.1, 0.15) is 26.5 Å². The van der Waals surface area contributed by atoms with Crippen molar-refractivity contribution in [1.82, 2.24) is 19.4 Å². The molecule has 1 aliphatic rings. The number of carbonyl (C=O) groups excluding carboxylic acids is 1. The van der Waals surface area contributed by atoms with Gasteiger partial charge in [0.2, 0.25) is 0 Å². The van der Waals surface area contributed by atoms with Crippen LogP contribution in [0, 0.1) is 0 Å². The lowest BCUT2D eigenvalue weighted by atomic mass is 10.2. The molecule has 1 amide bonds. The fourth-order valence-corrected chi connectivity index (χ4v) is 3.54. The number of amides is 1. The monoisotopic (exact) mass is 386 g/mol. The van der Waals surface area contributed by atoms with E-state index in [9.17, 15) is 4.79 Å². The van der Waals surface area contributed by atoms with Crippen molar-refractivity contribution in [3.05, 3.63) is 21.6 Å². The first-order chi connectivity index (χ1) is 10.3. The smallest absolute Gasteiger partial charge is 0.410 e. The second kappa shape index (κ2) is 5.38. The number of ether oxygens (including phenoxy) is 1. The number of nitrogens with zero attached hydrogens (tertiary/aromatic N) is 4. The van der Waals surface area contributed by atoms with Gasteiger partial charge in [0.1, 0.15) is 22.7 Å². The van der Waals surface area contributed by atoms with Gasteiger partial charge in [0.25, 0.3) is 0 Å². The molecule has 0 fully saturated rings. The molecule has 0 saturated carbocycles. The second-order valence-corrected chi connectivity index (χ2v) is 7.33. The first kappa shape index (κ1) is 15.6. The molecular weight excluding hydrogens is 372 g/mol. The highest BCUT2D eigenvalue weighted by Gasteiger charge is 2.29. The molecule has 3 heterocycles. The summed E-state index contributed by atoms with van der Waals surface area (Å²) in [6, 6.07) is 0. The van der Waals surface area contributed by atoms with Crippen molar-refractivity contribution in [2.24, 2.45) is 0 Å². The Morgan fingerprint density at radius 3 is 2.77 bits per heavy atom. The van der Waals surface area contributed by atoms with Gasteiger partial charge in [0.15, 0.2) is 0 Å². The number of carbonyl (C=O) groups is 1. The summed E-state index contributed by atoms with van der Waals surface area (Å²) in [6.45, 7) is 7.23. The first-order valence-corrected chi connectivity index (χ1v) is 8.10. The van der Waals surface area contributed by atoms with E-state index in [0.29, 0.717) is 24.8 Å². The minimum Gasteiger partial charge on any atom is -0.444 e. The predicted octanol–water partition coefficient (Wildman–Crippen LogP) is 3.60. The number of fused-ring (bicyclic) bond motifs is 3. The van der Waals surface area contributed by atoms with Crippen molar-refractivity contribution in [2.45, 2.75) is 39.5 Å². The summed E-state index contributed by atoms with van der Waals surface area (Å²) in [7, 11) is 0. The molecule has 8 heteroatoms. The quantitative estimate of drug-likeness (QED) is 0.648. The molecule has 1 aliphatic heterocycles. The largest absolute Gasteiger partial charge is 0.444 e. The van der Waals surface area contributed by atoms with Crippen LogP contribution in [0.3, 0.4) is 0 Å². The van der Waals surface area contributed by atoms with E-state index in [0.717, 1.165) is 21.2 Å². The lowest BCUT2D eigenvalue weighted by Gasteiger charge is -2.31. The molecular formula is C14H16BrClN4O2. The highest BCUT2D eigenvalue weighted by molar-refractivity contribution is 9.10. The molecule has 0 spiro atoms. The van der Waals surface area contributed by atoms with Crippen molar-refractivity contribution in [1.29, 1.82) is 0 Å². The fraction of sp³-hybridized carbons (Fsp3) is 0.500. The molecule has 22 heavy (non-hydrogen) atoms. The molecule has 0 unspecified atom stereocenters. The minimum atomic E-state index is -0.507. The van der Waals surface area contributed by atoms with Gasteiger partial charge >= 0.3 is 6.09 Å². The van der Waals surface area contributed by atoms with Crippen LogP contribution in [0.4, 0.5) is 4.79 Å². The Kier molecular flexibility index (Phi) is 3.81. The maximum Gasteiger partial charge on any atom is 0.410 e. The Morgan fingerprint density at radius 2 is 2.09 bits per heavy atom. The summed E-state index contributed by atoms with van der Waals surface area (Å²) in [5.74, 6) is 0. The summed E-state index contributed by atoms with van der Waals surface area (Å²) < 4.78 is 8.34. The number of rotatable bonds is 0. The van der Waals surface area contributed by atoms with Crippen LogP contribution in [0.5, 0.6) is 0 Å². The van der Waals surface area contributed by atoms with E-state index in [2.05, 4.69) is 30.5 Å². The standard InChI is InChI=1S/C14H16BrClN4O2/c1-14(2,3)22-13(21)19-4-5-20-8(6-19)10(15)9-11(16)17-7-18-12(9)20/h7H,4-6H2,1-3H3. The van der Waals surface area contributed by atoms with Gasteiger partial charge in [-0.3, -0.25) is 0 Å². The van der Waals surface area contributed by atoms with Crippen LogP contribution >= 0.6 is 27.5 Å². The van der Waals surface area contributed by atoms with Crippen LogP contribution in [-0.2, 0) is 17.8 Å². The average Bonchev–Trinajstić information content (AvgIpc) is 2.71. The van der Waals surface area contributed by atoms with Crippen molar-refractivity contribution >= 4 is 44.7 Å². The molecule has 0 saturated heterocycles. The van der Waals surface area contributed by atoms with Crippen LogP contribution < -0.4 is 0 Å². The number of halogens is 2. The normalized spacial score (nSPS) is 15.0. The highest BCUT2D eigenvalue weighted by Crippen LogP contribution is 2.36. The van der Waals surface area contributed by atoms with Gasteiger partial charge in [-0.15, -0.1) is 0 Å². The lowest BCUT2D eigenvalue weighted by Crippen LogP contribution is -2.41. The zero-order valence-electron chi connectivity index (χ0n) is 12.6. The van der Waals surface area contributed by atoms with E-state index in [4.69, 9.17) is 16.3 Å². The van der Waals surface area contributed by atoms with E-state index in [-0.39, 0.29) is 6.09 Å². The van der Waals surface area contributed by atoms with E-state index in [1.807, 2.05) is 20.8 Å². The molecule has 0 radical (unpaired) electrons. The van der Waals surface area contributed by atoms with Gasteiger partial charge < -0.3 is 14.2 Å². The number of aromatic nitrogens is 3. The number of hydrogen-bond acceptors (Lipinski definition) is 4. The first-order valence-electron chi connectivity index (χ1n) is 6.93. The number of hydrogen-bond donors (Lipinski definition) is 0. The average molecular weight is 388 g/mol. The fourth-order valence-electron chi connectivity index (χ4n) is 2.50. The Bertz CT molecular complexity index is 753. The van der Waals surface area contributed by atoms with Crippen LogP contribution in [0.2, 0.25) is 5.15 Å². The maximum absolute atomic E-state index is 12.2. The third kappa shape index (κ3) is 2.67. The van der Waals surface area contributed by atoms with E-state index in [1.165, 1.54) is 6.33 Å². The van der Waals surface area contributed by atoms with Gasteiger partial charge in [-0.2, -0.15) is 0 Å². The van der Waals surface area contributed by atoms with Crippen LogP contribution in [0.15, 0.2) is 10.8 Å². The van der Waals surface area contributed by atoms with E-state index in [1.54, 1.807) is 4.90 Å². The summed E-state index contributed by atoms with van der Waals surface area (Å²) in [5, 5.41) is 1.19. The van der Waals surface area contributed by atoms with Crippen molar-refractivity contribution in [3.8, 4) is 0 Å². The summed E-state index contributed by atoms with van der Waals surface area (Å²) in [5.41, 5.74) is 1.23. The molecule has 6 nitrogen and oxygen atoms in total. The lowest BCUT2D eigenvalue weighted by molar-refractivity contribution is 0.0200. The molecule has 0 bridgehead atoms. The molecule has 118 valence electrons. The third-order valence-electron chi connectivity index (χ3n) is 3.42. The molecule has 0 aliphatic carbocycles. The Morgan fingerprint density at radius 1 is 1.36 bits per heavy atom. The van der Waals surface area contributed by atoms with Gasteiger partial charge in [-0.1, -0.05) is 11.6 Å². The molecule has 0 N–H and O–H groups in total. The van der Waals surface area contributed by atoms with E-state index >= 15 is 0 Å². The van der Waals surface area contributed by atoms with Gasteiger partial charge in [0.05, 0.1) is 22.1 Å². The van der Waals surface area contributed by atoms with E-state index < -0.39 is 5.60 Å². The molecule has 2 aromatic rings. The Hall–Kier alpha value is -1.34. The zero-order valence-corrected chi connectivity index (χ0v) is 14.9. The highest BCUT2D eigenvalue weighted by atomic mass is 79.9. The SMILES string of the molecule is CC(C)(C)OC(=O)N1CCn2c(c(Br)c3c(Cl)ncnc32)C1. The third-order valence-corrected chi connectivity index (χ3v) is 4.56. The summed E-state index contributed by atoms with van der Waals surface area (Å²) >= 11 is 9.73. The molecule has 3 rings (SSSR count). The van der Waals surface area contributed by atoms with Crippen LogP contribution in [0.25, 0.3) is 11.0 Å². The van der Waals surface area contributed by atoms with Crippen molar-refractivity contribution in [3.63, 3.8) is 0 Å². The summed E-state index contributed by atoms with van der Waals surface area (Å²) in [4.78, 5) is 22.3. The summed E-state index contributed by atoms with van der Waals surface area (Å²) in [6.07, 6.45) is 1.14. The Balaban J connectivity index is 1.95. The topological polar surface area (TPSA) is 60.2 Å². The molecule has 2 aromatic heterocycles. The second-order valence-electron chi connectivity index (χ2n) is 6.18. The molecule has 0 aromatic carbocycles.